The lowest BCUT2D eigenvalue weighted by Gasteiger charge is -2.27. The third kappa shape index (κ3) is 2.65. The number of amides is 1. The molecule has 0 atom stereocenters. The van der Waals surface area contributed by atoms with E-state index < -0.39 is 0 Å². The fourth-order valence-corrected chi connectivity index (χ4v) is 1.88. The number of carbonyl (C=O) groups is 2. The van der Waals surface area contributed by atoms with Gasteiger partial charge in [-0.2, -0.15) is 0 Å². The molecule has 4 heteroatoms. The fourth-order valence-electron chi connectivity index (χ4n) is 1.88. The van der Waals surface area contributed by atoms with Gasteiger partial charge in [0.1, 0.15) is 6.29 Å². The molecule has 1 amide bonds. The number of rotatable bonds is 3. The fraction of sp³-hybridized carbons (Fsp3) is 0.286. The van der Waals surface area contributed by atoms with Crippen LogP contribution >= 0.6 is 0 Å². The smallest absolute Gasteiger partial charge is 0.254 e. The zero-order chi connectivity index (χ0) is 13.0. The van der Waals surface area contributed by atoms with Crippen molar-refractivity contribution in [1.82, 2.24) is 4.90 Å². The highest BCUT2D eigenvalue weighted by Gasteiger charge is 2.20. The van der Waals surface area contributed by atoms with Crippen LogP contribution in [0.25, 0.3) is 5.57 Å². The van der Waals surface area contributed by atoms with Crippen molar-refractivity contribution in [3.05, 3.63) is 42.0 Å². The molecule has 0 radical (unpaired) electrons. The van der Waals surface area contributed by atoms with Crippen molar-refractivity contribution in [2.24, 2.45) is 0 Å². The Morgan fingerprint density at radius 1 is 1.33 bits per heavy atom. The van der Waals surface area contributed by atoms with Crippen LogP contribution in [0.15, 0.2) is 30.8 Å². The van der Waals surface area contributed by atoms with Crippen molar-refractivity contribution in [2.75, 3.05) is 26.3 Å². The van der Waals surface area contributed by atoms with Crippen LogP contribution in [0.3, 0.4) is 0 Å². The van der Waals surface area contributed by atoms with Gasteiger partial charge in [0.15, 0.2) is 0 Å². The van der Waals surface area contributed by atoms with E-state index in [2.05, 4.69) is 6.58 Å². The van der Waals surface area contributed by atoms with E-state index >= 15 is 0 Å². The number of nitrogens with zero attached hydrogens (tertiary/aromatic N) is 1. The molecular weight excluding hydrogens is 230 g/mol. The van der Waals surface area contributed by atoms with Crippen molar-refractivity contribution in [2.45, 2.75) is 0 Å². The van der Waals surface area contributed by atoms with Gasteiger partial charge in [0.2, 0.25) is 0 Å². The molecule has 18 heavy (non-hydrogen) atoms. The SMILES string of the molecule is C=C(C(=O)N1CCOCC1)c1cccc(C=O)c1. The molecule has 0 aromatic heterocycles. The van der Waals surface area contributed by atoms with E-state index in [-0.39, 0.29) is 5.91 Å². The molecule has 1 saturated heterocycles. The van der Waals surface area contributed by atoms with Crippen LogP contribution in [0.4, 0.5) is 0 Å². The van der Waals surface area contributed by atoms with Gasteiger partial charge in [-0.25, -0.2) is 0 Å². The van der Waals surface area contributed by atoms with Crippen LogP contribution in [0.1, 0.15) is 15.9 Å². The molecule has 1 aromatic rings. The van der Waals surface area contributed by atoms with Gasteiger partial charge in [0.05, 0.1) is 13.2 Å². The number of hydrogen-bond acceptors (Lipinski definition) is 3. The average Bonchev–Trinajstić information content (AvgIpc) is 2.46. The zero-order valence-corrected chi connectivity index (χ0v) is 10.1. The topological polar surface area (TPSA) is 46.6 Å². The highest BCUT2D eigenvalue weighted by molar-refractivity contribution is 6.18. The van der Waals surface area contributed by atoms with Crippen molar-refractivity contribution in [3.8, 4) is 0 Å². The molecule has 1 aliphatic heterocycles. The molecule has 1 heterocycles. The van der Waals surface area contributed by atoms with E-state index in [0.717, 1.165) is 6.29 Å². The van der Waals surface area contributed by atoms with Gasteiger partial charge in [0.25, 0.3) is 5.91 Å². The van der Waals surface area contributed by atoms with Crippen LogP contribution in [0, 0.1) is 0 Å². The van der Waals surface area contributed by atoms with Crippen molar-refractivity contribution < 1.29 is 14.3 Å². The van der Waals surface area contributed by atoms with E-state index in [4.69, 9.17) is 4.74 Å². The lowest BCUT2D eigenvalue weighted by atomic mass is 10.0. The Kier molecular flexibility index (Phi) is 3.89. The molecule has 2 rings (SSSR count). The molecule has 0 bridgehead atoms. The molecule has 0 N–H and O–H groups in total. The molecule has 1 aliphatic rings. The second-order valence-corrected chi connectivity index (χ2v) is 4.13. The predicted molar refractivity (Wildman–Crippen MR) is 68.3 cm³/mol. The van der Waals surface area contributed by atoms with Crippen molar-refractivity contribution in [3.63, 3.8) is 0 Å². The second-order valence-electron chi connectivity index (χ2n) is 4.13. The van der Waals surface area contributed by atoms with Crippen LogP contribution in [0.5, 0.6) is 0 Å². The maximum atomic E-state index is 12.2. The predicted octanol–water partition coefficient (Wildman–Crippen LogP) is 1.37. The lowest BCUT2D eigenvalue weighted by molar-refractivity contribution is -0.128. The quantitative estimate of drug-likeness (QED) is 0.597. The van der Waals surface area contributed by atoms with E-state index in [0.29, 0.717) is 43.0 Å². The summed E-state index contributed by atoms with van der Waals surface area (Å²) in [5, 5.41) is 0. The van der Waals surface area contributed by atoms with E-state index in [1.807, 2.05) is 0 Å². The van der Waals surface area contributed by atoms with Crippen LogP contribution in [0.2, 0.25) is 0 Å². The highest BCUT2D eigenvalue weighted by atomic mass is 16.5. The van der Waals surface area contributed by atoms with Gasteiger partial charge in [0, 0.05) is 24.2 Å². The summed E-state index contributed by atoms with van der Waals surface area (Å²) in [6, 6.07) is 6.90. The highest BCUT2D eigenvalue weighted by Crippen LogP contribution is 2.17. The number of hydrogen-bond donors (Lipinski definition) is 0. The molecule has 0 saturated carbocycles. The molecule has 1 fully saturated rings. The summed E-state index contributed by atoms with van der Waals surface area (Å²) >= 11 is 0. The summed E-state index contributed by atoms with van der Waals surface area (Å²) < 4.78 is 5.20. The third-order valence-electron chi connectivity index (χ3n) is 2.93. The Morgan fingerprint density at radius 3 is 2.72 bits per heavy atom. The Labute approximate surface area is 106 Å². The molecule has 0 unspecified atom stereocenters. The van der Waals surface area contributed by atoms with Crippen LogP contribution in [-0.2, 0) is 9.53 Å². The first-order valence-corrected chi connectivity index (χ1v) is 5.84. The largest absolute Gasteiger partial charge is 0.378 e. The van der Waals surface area contributed by atoms with Crippen LogP contribution in [-0.4, -0.2) is 43.4 Å². The van der Waals surface area contributed by atoms with Crippen molar-refractivity contribution >= 4 is 17.8 Å². The minimum atomic E-state index is -0.0960. The average molecular weight is 245 g/mol. The maximum absolute atomic E-state index is 12.2. The van der Waals surface area contributed by atoms with Crippen molar-refractivity contribution in [1.29, 1.82) is 0 Å². The third-order valence-corrected chi connectivity index (χ3v) is 2.93. The summed E-state index contributed by atoms with van der Waals surface area (Å²) in [5.41, 5.74) is 1.65. The molecule has 0 aliphatic carbocycles. The van der Waals surface area contributed by atoms with Gasteiger partial charge in [-0.3, -0.25) is 9.59 Å². The molecule has 4 nitrogen and oxygen atoms in total. The maximum Gasteiger partial charge on any atom is 0.254 e. The van der Waals surface area contributed by atoms with E-state index in [1.54, 1.807) is 29.2 Å². The molecule has 0 spiro atoms. The zero-order valence-electron chi connectivity index (χ0n) is 10.1. The lowest BCUT2D eigenvalue weighted by Crippen LogP contribution is -2.40. The Morgan fingerprint density at radius 2 is 2.06 bits per heavy atom. The number of aldehydes is 1. The minimum Gasteiger partial charge on any atom is -0.378 e. The Balaban J connectivity index is 2.14. The summed E-state index contributed by atoms with van der Waals surface area (Å²) in [6.07, 6.45) is 0.760. The number of carbonyl (C=O) groups excluding carboxylic acids is 2. The first kappa shape index (κ1) is 12.5. The summed E-state index contributed by atoms with van der Waals surface area (Å²) in [6.45, 7) is 6.13. The molecule has 94 valence electrons. The number of morpholine rings is 1. The van der Waals surface area contributed by atoms with Crippen LogP contribution < -0.4 is 0 Å². The van der Waals surface area contributed by atoms with Gasteiger partial charge >= 0.3 is 0 Å². The number of benzene rings is 1. The van der Waals surface area contributed by atoms with Gasteiger partial charge in [-0.1, -0.05) is 24.8 Å². The first-order chi connectivity index (χ1) is 8.72. The molecular formula is C14H15NO3. The van der Waals surface area contributed by atoms with E-state index in [1.165, 1.54) is 0 Å². The molecule has 1 aromatic carbocycles. The minimum absolute atomic E-state index is 0.0960. The standard InChI is InChI=1S/C14H15NO3/c1-11(13-4-2-3-12(9-13)10-16)14(17)15-5-7-18-8-6-15/h2-4,9-10H,1,5-8H2. The summed E-state index contributed by atoms with van der Waals surface area (Å²) in [7, 11) is 0. The first-order valence-electron chi connectivity index (χ1n) is 5.84. The van der Waals surface area contributed by atoms with Gasteiger partial charge < -0.3 is 9.64 Å². The normalized spacial score (nSPS) is 15.2. The second kappa shape index (κ2) is 5.60. The Hall–Kier alpha value is -1.94. The van der Waals surface area contributed by atoms with Gasteiger partial charge in [-0.15, -0.1) is 0 Å². The van der Waals surface area contributed by atoms with Gasteiger partial charge in [-0.05, 0) is 11.6 Å². The summed E-state index contributed by atoms with van der Waals surface area (Å²) in [5.74, 6) is -0.0960. The monoisotopic (exact) mass is 245 g/mol. The summed E-state index contributed by atoms with van der Waals surface area (Å²) in [4.78, 5) is 24.6. The Bertz CT molecular complexity index is 476. The van der Waals surface area contributed by atoms with E-state index in [9.17, 15) is 9.59 Å². The number of ether oxygens (including phenoxy) is 1.